The first-order chi connectivity index (χ1) is 39.0. The van der Waals surface area contributed by atoms with E-state index in [1.807, 2.05) is 0 Å². The van der Waals surface area contributed by atoms with Crippen LogP contribution in [0.4, 0.5) is 0 Å². The molecule has 6 nitrogen and oxygen atoms in total. The fraction of sp³-hybridized carbons (Fsp3) is 0.630. The minimum Gasteiger partial charge on any atom is -0.462 e. The van der Waals surface area contributed by atoms with Gasteiger partial charge in [0, 0.05) is 19.3 Å². The number of hydrogen-bond donors (Lipinski definition) is 0. The zero-order valence-electron chi connectivity index (χ0n) is 51.1. The van der Waals surface area contributed by atoms with Gasteiger partial charge in [-0.2, -0.15) is 0 Å². The monoisotopic (exact) mass is 1090 g/mol. The molecule has 0 aliphatic rings. The van der Waals surface area contributed by atoms with E-state index in [-0.39, 0.29) is 37.5 Å². The van der Waals surface area contributed by atoms with E-state index in [2.05, 4.69) is 167 Å². The van der Waals surface area contributed by atoms with Crippen molar-refractivity contribution >= 4 is 17.9 Å². The molecule has 0 rings (SSSR count). The molecule has 0 spiro atoms. The summed E-state index contributed by atoms with van der Waals surface area (Å²) in [5.41, 5.74) is 0. The molecule has 446 valence electrons. The number of carbonyl (C=O) groups is 3. The van der Waals surface area contributed by atoms with Gasteiger partial charge < -0.3 is 14.2 Å². The molecule has 0 aromatic rings. The smallest absolute Gasteiger partial charge is 0.306 e. The van der Waals surface area contributed by atoms with E-state index in [1.54, 1.807) is 0 Å². The normalized spacial score (nSPS) is 13.1. The molecule has 0 aliphatic heterocycles. The summed E-state index contributed by atoms with van der Waals surface area (Å²) in [6.45, 7) is 6.42. The second kappa shape index (κ2) is 65.8. The van der Waals surface area contributed by atoms with Crippen LogP contribution < -0.4 is 0 Å². The van der Waals surface area contributed by atoms with E-state index in [0.717, 1.165) is 122 Å². The van der Waals surface area contributed by atoms with Gasteiger partial charge in [0.05, 0.1) is 0 Å². The van der Waals surface area contributed by atoms with Crippen molar-refractivity contribution in [2.24, 2.45) is 0 Å². The first-order valence-electron chi connectivity index (χ1n) is 32.3. The molecule has 0 saturated heterocycles. The zero-order chi connectivity index (χ0) is 57.1. The summed E-state index contributed by atoms with van der Waals surface area (Å²) >= 11 is 0. The molecule has 0 saturated carbocycles. The van der Waals surface area contributed by atoms with Crippen LogP contribution in [-0.4, -0.2) is 37.2 Å². The van der Waals surface area contributed by atoms with E-state index < -0.39 is 6.10 Å². The molecule has 0 heterocycles. The minimum atomic E-state index is -0.819. The van der Waals surface area contributed by atoms with E-state index in [4.69, 9.17) is 14.2 Å². The van der Waals surface area contributed by atoms with Crippen molar-refractivity contribution in [3.63, 3.8) is 0 Å². The number of carbonyl (C=O) groups excluding carboxylic acids is 3. The molecule has 0 radical (unpaired) electrons. The zero-order valence-corrected chi connectivity index (χ0v) is 51.1. The molecule has 0 aromatic carbocycles. The second-order valence-electron chi connectivity index (χ2n) is 20.9. The van der Waals surface area contributed by atoms with Crippen LogP contribution in [0.1, 0.15) is 278 Å². The Balaban J connectivity index is 4.54. The van der Waals surface area contributed by atoms with Gasteiger partial charge in [0.15, 0.2) is 6.10 Å². The van der Waals surface area contributed by atoms with Crippen molar-refractivity contribution in [2.75, 3.05) is 13.2 Å². The highest BCUT2D eigenvalue weighted by atomic mass is 16.6. The second-order valence-corrected chi connectivity index (χ2v) is 20.9. The minimum absolute atomic E-state index is 0.109. The van der Waals surface area contributed by atoms with E-state index >= 15 is 0 Å². The molecular formula is C73H118O6. The highest BCUT2D eigenvalue weighted by molar-refractivity contribution is 5.71. The molecular weight excluding hydrogens is 973 g/mol. The third-order valence-electron chi connectivity index (χ3n) is 13.3. The van der Waals surface area contributed by atoms with Crippen molar-refractivity contribution in [3.8, 4) is 0 Å². The number of rotatable bonds is 57. The van der Waals surface area contributed by atoms with Gasteiger partial charge in [0.2, 0.25) is 0 Å². The Hall–Kier alpha value is -4.71. The molecule has 0 aromatic heterocycles. The van der Waals surface area contributed by atoms with Gasteiger partial charge in [-0.1, -0.05) is 263 Å². The number of allylic oxidation sites excluding steroid dienone is 24. The fourth-order valence-corrected chi connectivity index (χ4v) is 8.47. The van der Waals surface area contributed by atoms with Gasteiger partial charge in [0.1, 0.15) is 13.2 Å². The predicted octanol–water partition coefficient (Wildman–Crippen LogP) is 22.3. The van der Waals surface area contributed by atoms with Crippen molar-refractivity contribution in [1.29, 1.82) is 0 Å². The molecule has 1 unspecified atom stereocenters. The van der Waals surface area contributed by atoms with Gasteiger partial charge in [-0.05, 0) is 141 Å². The van der Waals surface area contributed by atoms with E-state index in [0.29, 0.717) is 19.3 Å². The van der Waals surface area contributed by atoms with Crippen LogP contribution in [0.25, 0.3) is 0 Å². The summed E-state index contributed by atoms with van der Waals surface area (Å²) in [5, 5.41) is 0. The molecule has 0 fully saturated rings. The third kappa shape index (κ3) is 64.0. The number of ether oxygens (including phenoxy) is 3. The van der Waals surface area contributed by atoms with Crippen LogP contribution in [0.5, 0.6) is 0 Å². The molecule has 0 amide bonds. The van der Waals surface area contributed by atoms with Crippen molar-refractivity contribution in [2.45, 2.75) is 284 Å². The maximum Gasteiger partial charge on any atom is 0.306 e. The van der Waals surface area contributed by atoms with Crippen molar-refractivity contribution < 1.29 is 28.6 Å². The first kappa shape index (κ1) is 74.3. The lowest BCUT2D eigenvalue weighted by atomic mass is 10.1. The third-order valence-corrected chi connectivity index (χ3v) is 13.3. The summed E-state index contributed by atoms with van der Waals surface area (Å²) in [6.07, 6.45) is 94.2. The quantitative estimate of drug-likeness (QED) is 0.0261. The van der Waals surface area contributed by atoms with Gasteiger partial charge >= 0.3 is 17.9 Å². The Morgan fingerprint density at radius 2 is 0.506 bits per heavy atom. The molecule has 1 atom stereocenters. The SMILES string of the molecule is CC/C=C\C/C=C\C/C=C\C/C=C\C/C=C\C/C=C\C/C=C\CCCC(=O)OCC(COC(=O)CCCCCCCCCCC/C=C\C/C=C\CCCCC)OC(=O)CCCCCCCC/C=C\C/C=C\C/C=C\CCCCC. The van der Waals surface area contributed by atoms with Crippen molar-refractivity contribution in [3.05, 3.63) is 146 Å². The highest BCUT2D eigenvalue weighted by Gasteiger charge is 2.19. The largest absolute Gasteiger partial charge is 0.462 e. The Labute approximate surface area is 487 Å². The topological polar surface area (TPSA) is 78.9 Å². The molecule has 79 heavy (non-hydrogen) atoms. The van der Waals surface area contributed by atoms with Crippen molar-refractivity contribution in [1.82, 2.24) is 0 Å². The molecule has 6 heteroatoms. The lowest BCUT2D eigenvalue weighted by Crippen LogP contribution is -2.30. The number of hydrogen-bond acceptors (Lipinski definition) is 6. The van der Waals surface area contributed by atoms with Gasteiger partial charge in [-0.25, -0.2) is 0 Å². The van der Waals surface area contributed by atoms with E-state index in [9.17, 15) is 14.4 Å². The van der Waals surface area contributed by atoms with Crippen LogP contribution in [-0.2, 0) is 28.6 Å². The van der Waals surface area contributed by atoms with Crippen LogP contribution in [0.2, 0.25) is 0 Å². The Kier molecular flexibility index (Phi) is 61.9. The molecule has 0 aliphatic carbocycles. The van der Waals surface area contributed by atoms with Gasteiger partial charge in [-0.3, -0.25) is 14.4 Å². The maximum atomic E-state index is 12.9. The van der Waals surface area contributed by atoms with Crippen LogP contribution in [0.3, 0.4) is 0 Å². The standard InChI is InChI=1S/C73H118O6/c1-4-7-10-13-16-19-22-25-28-31-34-35-36-37-40-42-45-48-51-54-57-60-63-66-72(75)78-69-70(79-73(76)67-64-61-58-55-52-49-46-43-39-33-30-27-24-21-18-15-12-9-6-3)68-77-71(74)65-62-59-56-53-50-47-44-41-38-32-29-26-23-20-17-14-11-8-5-2/h7,10,16-21,25-30,34-35,37,39-40,43,45,48,54,57,70H,4-6,8-9,11-15,22-24,31-33,36,38,41-42,44,46-47,49-53,55-56,58-69H2,1-3H3/b10-7-,19-16-,20-17-,21-18-,28-25-,29-26-,30-27-,35-34-,40-37-,43-39-,48-45-,57-54-. The van der Waals surface area contributed by atoms with Crippen LogP contribution in [0.15, 0.2) is 146 Å². The Morgan fingerprint density at radius 1 is 0.266 bits per heavy atom. The molecule has 0 bridgehead atoms. The predicted molar refractivity (Wildman–Crippen MR) is 343 cm³/mol. The van der Waals surface area contributed by atoms with Gasteiger partial charge in [0.25, 0.3) is 0 Å². The lowest BCUT2D eigenvalue weighted by Gasteiger charge is -2.18. The average Bonchev–Trinajstić information content (AvgIpc) is 3.45. The number of esters is 3. The molecule has 0 N–H and O–H groups in total. The lowest BCUT2D eigenvalue weighted by molar-refractivity contribution is -0.167. The Bertz CT molecular complexity index is 1730. The summed E-state index contributed by atoms with van der Waals surface area (Å²) in [6, 6.07) is 0. The Morgan fingerprint density at radius 3 is 0.823 bits per heavy atom. The summed E-state index contributed by atoms with van der Waals surface area (Å²) in [7, 11) is 0. The fourth-order valence-electron chi connectivity index (χ4n) is 8.47. The summed E-state index contributed by atoms with van der Waals surface area (Å²) in [5.74, 6) is -0.987. The van der Waals surface area contributed by atoms with E-state index in [1.165, 1.54) is 109 Å². The summed E-state index contributed by atoms with van der Waals surface area (Å²) < 4.78 is 16.9. The maximum absolute atomic E-state index is 12.9. The number of unbranched alkanes of at least 4 members (excludes halogenated alkanes) is 22. The first-order valence-corrected chi connectivity index (χ1v) is 32.3. The van der Waals surface area contributed by atoms with Crippen LogP contribution in [0, 0.1) is 0 Å². The summed E-state index contributed by atoms with van der Waals surface area (Å²) in [4.78, 5) is 38.4. The highest BCUT2D eigenvalue weighted by Crippen LogP contribution is 2.14. The van der Waals surface area contributed by atoms with Gasteiger partial charge in [-0.15, -0.1) is 0 Å². The average molecular weight is 1090 g/mol. The van der Waals surface area contributed by atoms with Crippen LogP contribution >= 0.6 is 0 Å².